The molecule has 0 aliphatic rings. The van der Waals surface area contributed by atoms with E-state index in [4.69, 9.17) is 4.52 Å². The molecular weight excluding hydrogens is 366 g/mol. The highest BCUT2D eigenvalue weighted by Crippen LogP contribution is 2.23. The third-order valence-electron chi connectivity index (χ3n) is 3.91. The third-order valence-corrected chi connectivity index (χ3v) is 5.82. The van der Waals surface area contributed by atoms with Gasteiger partial charge in [0.15, 0.2) is 5.82 Å². The fraction of sp³-hybridized carbons (Fsp3) is 0.158. The standard InChI is InChI=1S/C19H19N3O4S/c1-3-22(16-7-5-4-6-8-16)27(24,25)17-11-9-15(10-12-17)19(23)20-18-13-14(2)26-21-18/h4-13H,3H2,1-2H3,(H,20,21,23). The number of amides is 1. The van der Waals surface area contributed by atoms with Crippen LogP contribution < -0.4 is 9.62 Å². The van der Waals surface area contributed by atoms with Crippen molar-refractivity contribution >= 4 is 27.4 Å². The average Bonchev–Trinajstić information content (AvgIpc) is 3.08. The Labute approximate surface area is 157 Å². The van der Waals surface area contributed by atoms with Gasteiger partial charge in [-0.1, -0.05) is 23.4 Å². The molecule has 140 valence electrons. The number of carbonyl (C=O) groups is 1. The molecule has 0 aliphatic carbocycles. The maximum atomic E-state index is 12.9. The first-order valence-corrected chi connectivity index (χ1v) is 9.78. The smallest absolute Gasteiger partial charge is 0.264 e. The maximum absolute atomic E-state index is 12.9. The second kappa shape index (κ2) is 7.63. The molecule has 0 bridgehead atoms. The van der Waals surface area contributed by atoms with Crippen LogP contribution >= 0.6 is 0 Å². The molecule has 1 heterocycles. The number of benzene rings is 2. The minimum absolute atomic E-state index is 0.113. The van der Waals surface area contributed by atoms with Crippen LogP contribution in [0.15, 0.2) is 70.1 Å². The molecule has 2 aromatic carbocycles. The summed E-state index contributed by atoms with van der Waals surface area (Å²) in [4.78, 5) is 12.4. The van der Waals surface area contributed by atoms with Crippen LogP contribution in [0.2, 0.25) is 0 Å². The first-order chi connectivity index (χ1) is 12.9. The van der Waals surface area contributed by atoms with Crippen molar-refractivity contribution in [2.75, 3.05) is 16.2 Å². The van der Waals surface area contributed by atoms with Crippen LogP contribution in [-0.2, 0) is 10.0 Å². The lowest BCUT2D eigenvalue weighted by Gasteiger charge is -2.22. The fourth-order valence-electron chi connectivity index (χ4n) is 2.60. The van der Waals surface area contributed by atoms with E-state index in [0.29, 0.717) is 29.4 Å². The highest BCUT2D eigenvalue weighted by Gasteiger charge is 2.23. The van der Waals surface area contributed by atoms with Gasteiger partial charge in [0.2, 0.25) is 0 Å². The van der Waals surface area contributed by atoms with E-state index in [1.165, 1.54) is 28.6 Å². The molecule has 0 atom stereocenters. The zero-order valence-electron chi connectivity index (χ0n) is 14.9. The van der Waals surface area contributed by atoms with Crippen LogP contribution in [0.3, 0.4) is 0 Å². The Hall–Kier alpha value is -3.13. The topological polar surface area (TPSA) is 92.5 Å². The molecule has 0 aliphatic heterocycles. The Kier molecular flexibility index (Phi) is 5.27. The molecular formula is C19H19N3O4S. The summed E-state index contributed by atoms with van der Waals surface area (Å²) in [5.74, 6) is 0.477. The molecule has 0 spiro atoms. The first-order valence-electron chi connectivity index (χ1n) is 8.34. The van der Waals surface area contributed by atoms with E-state index >= 15 is 0 Å². The lowest BCUT2D eigenvalue weighted by atomic mass is 10.2. The minimum Gasteiger partial charge on any atom is -0.360 e. The largest absolute Gasteiger partial charge is 0.360 e. The number of nitrogens with zero attached hydrogens (tertiary/aromatic N) is 2. The number of para-hydroxylation sites is 1. The molecule has 0 radical (unpaired) electrons. The monoisotopic (exact) mass is 385 g/mol. The molecule has 1 aromatic heterocycles. The molecule has 1 N–H and O–H groups in total. The molecule has 0 saturated carbocycles. The Morgan fingerprint density at radius 2 is 1.78 bits per heavy atom. The number of carbonyl (C=O) groups excluding carboxylic acids is 1. The summed E-state index contributed by atoms with van der Waals surface area (Å²) in [6.07, 6.45) is 0. The molecule has 7 nitrogen and oxygen atoms in total. The molecule has 8 heteroatoms. The first kappa shape index (κ1) is 18.7. The second-order valence-electron chi connectivity index (χ2n) is 5.81. The van der Waals surface area contributed by atoms with Gasteiger partial charge in [0.05, 0.1) is 10.6 Å². The number of aryl methyl sites for hydroxylation is 1. The third kappa shape index (κ3) is 4.01. The Morgan fingerprint density at radius 1 is 1.11 bits per heavy atom. The SMILES string of the molecule is CCN(c1ccccc1)S(=O)(=O)c1ccc(C(=O)Nc2cc(C)on2)cc1. The van der Waals surface area contributed by atoms with Gasteiger partial charge in [0, 0.05) is 18.2 Å². The maximum Gasteiger partial charge on any atom is 0.264 e. The van der Waals surface area contributed by atoms with Crippen molar-refractivity contribution < 1.29 is 17.7 Å². The van der Waals surface area contributed by atoms with Crippen LogP contribution in [0, 0.1) is 6.92 Å². The Bertz CT molecular complexity index is 1030. The summed E-state index contributed by atoms with van der Waals surface area (Å²) in [6.45, 7) is 3.78. The van der Waals surface area contributed by atoms with Crippen LogP contribution in [0.5, 0.6) is 0 Å². The zero-order chi connectivity index (χ0) is 19.4. The quantitative estimate of drug-likeness (QED) is 0.701. The molecule has 0 fully saturated rings. The van der Waals surface area contributed by atoms with Crippen LogP contribution in [0.1, 0.15) is 23.0 Å². The van der Waals surface area contributed by atoms with Gasteiger partial charge in [0.25, 0.3) is 15.9 Å². The summed E-state index contributed by atoms with van der Waals surface area (Å²) in [7, 11) is -3.73. The van der Waals surface area contributed by atoms with Gasteiger partial charge >= 0.3 is 0 Å². The van der Waals surface area contributed by atoms with Gasteiger partial charge in [-0.15, -0.1) is 0 Å². The zero-order valence-corrected chi connectivity index (χ0v) is 15.7. The van der Waals surface area contributed by atoms with E-state index in [-0.39, 0.29) is 4.90 Å². The van der Waals surface area contributed by atoms with Crippen molar-refractivity contribution in [1.82, 2.24) is 5.16 Å². The van der Waals surface area contributed by atoms with E-state index in [1.54, 1.807) is 44.2 Å². The number of hydrogen-bond acceptors (Lipinski definition) is 5. The Balaban J connectivity index is 1.82. The van der Waals surface area contributed by atoms with Crippen LogP contribution in [-0.4, -0.2) is 26.0 Å². The van der Waals surface area contributed by atoms with Crippen molar-refractivity contribution in [3.05, 3.63) is 72.0 Å². The van der Waals surface area contributed by atoms with Crippen LogP contribution in [0.4, 0.5) is 11.5 Å². The van der Waals surface area contributed by atoms with Crippen molar-refractivity contribution in [1.29, 1.82) is 0 Å². The molecule has 27 heavy (non-hydrogen) atoms. The van der Waals surface area contributed by atoms with Gasteiger partial charge in [-0.2, -0.15) is 0 Å². The van der Waals surface area contributed by atoms with Gasteiger partial charge in [-0.25, -0.2) is 8.42 Å². The van der Waals surface area contributed by atoms with E-state index in [0.717, 1.165) is 0 Å². The predicted molar refractivity (Wildman–Crippen MR) is 102 cm³/mol. The Morgan fingerprint density at radius 3 is 2.33 bits per heavy atom. The highest BCUT2D eigenvalue weighted by molar-refractivity contribution is 7.92. The second-order valence-corrected chi connectivity index (χ2v) is 7.67. The molecule has 3 rings (SSSR count). The number of aromatic nitrogens is 1. The van der Waals surface area contributed by atoms with Gasteiger partial charge < -0.3 is 9.84 Å². The van der Waals surface area contributed by atoms with E-state index in [9.17, 15) is 13.2 Å². The van der Waals surface area contributed by atoms with Crippen molar-refractivity contribution in [2.24, 2.45) is 0 Å². The van der Waals surface area contributed by atoms with E-state index < -0.39 is 15.9 Å². The normalized spacial score (nSPS) is 11.2. The average molecular weight is 385 g/mol. The number of anilines is 2. The van der Waals surface area contributed by atoms with Gasteiger partial charge in [0.1, 0.15) is 5.76 Å². The fourth-order valence-corrected chi connectivity index (χ4v) is 4.08. The number of rotatable bonds is 6. The summed E-state index contributed by atoms with van der Waals surface area (Å²) in [5, 5.41) is 6.29. The molecule has 1 amide bonds. The predicted octanol–water partition coefficient (Wildman–Crippen LogP) is 3.45. The summed E-state index contributed by atoms with van der Waals surface area (Å²) in [5.41, 5.74) is 0.903. The highest BCUT2D eigenvalue weighted by atomic mass is 32.2. The van der Waals surface area contributed by atoms with E-state index in [1.807, 2.05) is 6.07 Å². The summed E-state index contributed by atoms with van der Waals surface area (Å²) < 4.78 is 32.1. The summed E-state index contributed by atoms with van der Waals surface area (Å²) >= 11 is 0. The van der Waals surface area contributed by atoms with Crippen LogP contribution in [0.25, 0.3) is 0 Å². The minimum atomic E-state index is -3.73. The molecule has 3 aromatic rings. The lowest BCUT2D eigenvalue weighted by Crippen LogP contribution is -2.30. The molecule has 0 saturated heterocycles. The van der Waals surface area contributed by atoms with Crippen molar-refractivity contribution in [3.8, 4) is 0 Å². The van der Waals surface area contributed by atoms with E-state index in [2.05, 4.69) is 10.5 Å². The van der Waals surface area contributed by atoms with Crippen molar-refractivity contribution in [2.45, 2.75) is 18.7 Å². The number of nitrogens with one attached hydrogen (secondary N) is 1. The van der Waals surface area contributed by atoms with Gasteiger partial charge in [-0.05, 0) is 50.2 Å². The number of sulfonamides is 1. The lowest BCUT2D eigenvalue weighted by molar-refractivity contribution is 0.102. The summed E-state index contributed by atoms with van der Waals surface area (Å²) in [6, 6.07) is 16.2. The molecule has 0 unspecified atom stereocenters. The van der Waals surface area contributed by atoms with Gasteiger partial charge in [-0.3, -0.25) is 9.10 Å². The van der Waals surface area contributed by atoms with Crippen molar-refractivity contribution in [3.63, 3.8) is 0 Å². The number of hydrogen-bond donors (Lipinski definition) is 1.